The zero-order valence-electron chi connectivity index (χ0n) is 13.5. The maximum atomic E-state index is 12.1. The highest BCUT2D eigenvalue weighted by atomic mass is 16.2. The molecule has 3 rings (SSSR count). The number of amides is 1. The van der Waals surface area contributed by atoms with Crippen LogP contribution in [0.1, 0.15) is 44.6 Å². The Morgan fingerprint density at radius 3 is 2.73 bits per heavy atom. The predicted octanol–water partition coefficient (Wildman–Crippen LogP) is 2.75. The summed E-state index contributed by atoms with van der Waals surface area (Å²) in [6.45, 7) is 5.49. The highest BCUT2D eigenvalue weighted by molar-refractivity contribution is 5.95. The van der Waals surface area contributed by atoms with E-state index >= 15 is 0 Å². The van der Waals surface area contributed by atoms with Gasteiger partial charge in [-0.15, -0.1) is 0 Å². The molecule has 4 nitrogen and oxygen atoms in total. The molecule has 0 bridgehead atoms. The number of nitrogens with one attached hydrogen (secondary N) is 2. The Balaban J connectivity index is 1.54. The Hall–Kier alpha value is -1.39. The topological polar surface area (TPSA) is 44.4 Å². The van der Waals surface area contributed by atoms with Crippen molar-refractivity contribution in [3.05, 3.63) is 29.8 Å². The lowest BCUT2D eigenvalue weighted by Gasteiger charge is -2.33. The molecule has 2 unspecified atom stereocenters. The largest absolute Gasteiger partial charge is 0.325 e. The van der Waals surface area contributed by atoms with Crippen molar-refractivity contribution < 1.29 is 4.79 Å². The number of likely N-dealkylation sites (tertiary alicyclic amines) is 1. The molecule has 2 N–H and O–H groups in total. The van der Waals surface area contributed by atoms with Crippen LogP contribution < -0.4 is 10.6 Å². The van der Waals surface area contributed by atoms with E-state index in [1.54, 1.807) is 0 Å². The molecule has 2 saturated heterocycles. The lowest BCUT2D eigenvalue weighted by atomic mass is 10.0. The van der Waals surface area contributed by atoms with Crippen LogP contribution in [0.5, 0.6) is 0 Å². The summed E-state index contributed by atoms with van der Waals surface area (Å²) in [5, 5.41) is 6.24. The predicted molar refractivity (Wildman–Crippen MR) is 89.8 cm³/mol. The first kappa shape index (κ1) is 15.5. The highest BCUT2D eigenvalue weighted by Crippen LogP contribution is 2.20. The first-order valence-electron chi connectivity index (χ1n) is 8.59. The Bertz CT molecular complexity index is 494. The van der Waals surface area contributed by atoms with Crippen molar-refractivity contribution in [2.75, 3.05) is 18.4 Å². The van der Waals surface area contributed by atoms with Gasteiger partial charge >= 0.3 is 0 Å². The van der Waals surface area contributed by atoms with Gasteiger partial charge in [-0.3, -0.25) is 9.69 Å². The third-order valence-corrected chi connectivity index (χ3v) is 4.92. The number of benzene rings is 1. The van der Waals surface area contributed by atoms with Crippen LogP contribution in [0.4, 0.5) is 5.69 Å². The maximum Gasteiger partial charge on any atom is 0.241 e. The Kier molecular flexibility index (Phi) is 5.11. The second-order valence-electron chi connectivity index (χ2n) is 6.65. The van der Waals surface area contributed by atoms with Crippen LogP contribution in [0.15, 0.2) is 24.3 Å². The van der Waals surface area contributed by atoms with Crippen molar-refractivity contribution in [1.82, 2.24) is 10.2 Å². The van der Waals surface area contributed by atoms with Crippen molar-refractivity contribution >= 4 is 11.6 Å². The molecular formula is C18H27N3O. The number of hydrogen-bond donors (Lipinski definition) is 2. The first-order chi connectivity index (χ1) is 10.7. The average molecular weight is 301 g/mol. The number of hydrogen-bond acceptors (Lipinski definition) is 3. The first-order valence-corrected chi connectivity index (χ1v) is 8.59. The lowest BCUT2D eigenvalue weighted by molar-refractivity contribution is -0.117. The second kappa shape index (κ2) is 7.25. The van der Waals surface area contributed by atoms with Gasteiger partial charge in [0, 0.05) is 18.3 Å². The summed E-state index contributed by atoms with van der Waals surface area (Å²) in [5.41, 5.74) is 2.22. The van der Waals surface area contributed by atoms with Gasteiger partial charge in [-0.2, -0.15) is 0 Å². The van der Waals surface area contributed by atoms with E-state index in [2.05, 4.69) is 34.6 Å². The third-order valence-electron chi connectivity index (χ3n) is 4.92. The molecule has 1 aromatic rings. The number of carbonyl (C=O) groups is 1. The maximum absolute atomic E-state index is 12.1. The molecule has 0 spiro atoms. The van der Waals surface area contributed by atoms with Gasteiger partial charge in [0.25, 0.3) is 0 Å². The summed E-state index contributed by atoms with van der Waals surface area (Å²) in [7, 11) is 0. The van der Waals surface area contributed by atoms with Gasteiger partial charge in [0.2, 0.25) is 5.91 Å². The van der Waals surface area contributed by atoms with Crippen molar-refractivity contribution in [3.8, 4) is 0 Å². The van der Waals surface area contributed by atoms with Gasteiger partial charge < -0.3 is 10.6 Å². The van der Waals surface area contributed by atoms with Crippen LogP contribution in [0, 0.1) is 0 Å². The molecule has 22 heavy (non-hydrogen) atoms. The van der Waals surface area contributed by atoms with Gasteiger partial charge in [0.05, 0.1) is 6.04 Å². The molecule has 120 valence electrons. The highest BCUT2D eigenvalue weighted by Gasteiger charge is 2.22. The van der Waals surface area contributed by atoms with Gasteiger partial charge in [-0.25, -0.2) is 0 Å². The van der Waals surface area contributed by atoms with E-state index < -0.39 is 0 Å². The fourth-order valence-electron chi connectivity index (χ4n) is 3.46. The standard InChI is InChI=1S/C18H27N3O/c1-14-5-2-3-12-21(14)13-15-7-9-16(10-8-15)20-18(22)17-6-4-11-19-17/h7-10,14,17,19H,2-6,11-13H2,1H3,(H,20,22). The third kappa shape index (κ3) is 3.87. The second-order valence-corrected chi connectivity index (χ2v) is 6.65. The van der Waals surface area contributed by atoms with E-state index in [4.69, 9.17) is 0 Å². The fraction of sp³-hybridized carbons (Fsp3) is 0.611. The Morgan fingerprint density at radius 1 is 1.23 bits per heavy atom. The molecule has 0 saturated carbocycles. The van der Waals surface area contributed by atoms with E-state index in [-0.39, 0.29) is 11.9 Å². The fourth-order valence-corrected chi connectivity index (χ4v) is 3.46. The van der Waals surface area contributed by atoms with E-state index in [0.29, 0.717) is 6.04 Å². The molecule has 1 amide bonds. The Morgan fingerprint density at radius 2 is 2.05 bits per heavy atom. The van der Waals surface area contributed by atoms with Crippen LogP contribution in [0.25, 0.3) is 0 Å². The molecule has 1 aromatic carbocycles. The molecule has 0 aliphatic carbocycles. The summed E-state index contributed by atoms with van der Waals surface area (Å²) in [4.78, 5) is 14.6. The van der Waals surface area contributed by atoms with Crippen LogP contribution in [-0.4, -0.2) is 36.0 Å². The van der Waals surface area contributed by atoms with Crippen molar-refractivity contribution in [1.29, 1.82) is 0 Å². The van der Waals surface area contributed by atoms with Crippen LogP contribution in [0.3, 0.4) is 0 Å². The molecule has 2 aliphatic rings. The molecule has 0 aromatic heterocycles. The molecule has 4 heteroatoms. The minimum absolute atomic E-state index is 0.0196. The minimum Gasteiger partial charge on any atom is -0.325 e. The molecule has 2 heterocycles. The zero-order chi connectivity index (χ0) is 15.4. The van der Waals surface area contributed by atoms with Crippen LogP contribution in [-0.2, 0) is 11.3 Å². The van der Waals surface area contributed by atoms with Gasteiger partial charge in [0.1, 0.15) is 0 Å². The van der Waals surface area contributed by atoms with Gasteiger partial charge in [-0.05, 0) is 63.4 Å². The SMILES string of the molecule is CC1CCCCN1Cc1ccc(NC(=O)C2CCCN2)cc1. The van der Waals surface area contributed by atoms with E-state index in [1.807, 2.05) is 12.1 Å². The molecule has 2 atom stereocenters. The van der Waals surface area contributed by atoms with Crippen LogP contribution in [0.2, 0.25) is 0 Å². The van der Waals surface area contributed by atoms with Crippen molar-refractivity contribution in [2.24, 2.45) is 0 Å². The molecule has 2 fully saturated rings. The Labute approximate surface area is 133 Å². The molecule has 2 aliphatic heterocycles. The normalized spacial score (nSPS) is 26.0. The van der Waals surface area contributed by atoms with Crippen LogP contribution >= 0.6 is 0 Å². The number of nitrogens with zero attached hydrogens (tertiary/aromatic N) is 1. The zero-order valence-corrected chi connectivity index (χ0v) is 13.5. The molecular weight excluding hydrogens is 274 g/mol. The number of piperidine rings is 1. The van der Waals surface area contributed by atoms with E-state index in [1.165, 1.54) is 31.4 Å². The van der Waals surface area contributed by atoms with Crippen molar-refractivity contribution in [3.63, 3.8) is 0 Å². The van der Waals surface area contributed by atoms with E-state index in [0.717, 1.165) is 31.6 Å². The number of anilines is 1. The van der Waals surface area contributed by atoms with Gasteiger partial charge in [-0.1, -0.05) is 18.6 Å². The minimum atomic E-state index is -0.0196. The van der Waals surface area contributed by atoms with E-state index in [9.17, 15) is 4.79 Å². The monoisotopic (exact) mass is 301 g/mol. The summed E-state index contributed by atoms with van der Waals surface area (Å²) in [5.74, 6) is 0.0925. The smallest absolute Gasteiger partial charge is 0.241 e. The lowest BCUT2D eigenvalue weighted by Crippen LogP contribution is -2.36. The summed E-state index contributed by atoms with van der Waals surface area (Å²) >= 11 is 0. The summed E-state index contributed by atoms with van der Waals surface area (Å²) in [6.07, 6.45) is 6.01. The summed E-state index contributed by atoms with van der Waals surface area (Å²) in [6, 6.07) is 8.99. The molecule has 0 radical (unpaired) electrons. The van der Waals surface area contributed by atoms with Crippen molar-refractivity contribution in [2.45, 2.75) is 57.7 Å². The average Bonchev–Trinajstić information content (AvgIpc) is 3.06. The number of rotatable bonds is 4. The van der Waals surface area contributed by atoms with Gasteiger partial charge in [0.15, 0.2) is 0 Å². The quantitative estimate of drug-likeness (QED) is 0.899. The number of carbonyl (C=O) groups excluding carboxylic acids is 1. The summed E-state index contributed by atoms with van der Waals surface area (Å²) < 4.78 is 0.